The van der Waals surface area contributed by atoms with Crippen LogP contribution >= 0.6 is 11.8 Å². The predicted octanol–water partition coefficient (Wildman–Crippen LogP) is 0.00250. The number of carbonyl (C=O) groups is 1. The van der Waals surface area contributed by atoms with Gasteiger partial charge in [-0.3, -0.25) is 9.48 Å². The summed E-state index contributed by atoms with van der Waals surface area (Å²) in [6.45, 7) is 0.401. The lowest BCUT2D eigenvalue weighted by Gasteiger charge is -2.03. The van der Waals surface area contributed by atoms with E-state index in [9.17, 15) is 13.2 Å². The molecule has 0 fully saturated rings. The van der Waals surface area contributed by atoms with Crippen molar-refractivity contribution in [2.45, 2.75) is 17.9 Å². The Hall–Kier alpha value is -1.50. The monoisotopic (exact) mass is 317 g/mol. The van der Waals surface area contributed by atoms with E-state index in [0.717, 1.165) is 0 Å². The van der Waals surface area contributed by atoms with E-state index < -0.39 is 16.0 Å². The number of terminal acetylenes is 1. The van der Waals surface area contributed by atoms with E-state index >= 15 is 0 Å². The molecule has 1 heterocycles. The fourth-order valence-corrected chi connectivity index (χ4v) is 2.90. The second-order valence-electron chi connectivity index (χ2n) is 3.74. The second-order valence-corrected chi connectivity index (χ2v) is 6.61. The predicted molar refractivity (Wildman–Crippen MR) is 75.8 cm³/mol. The number of hydrogen-bond donors (Lipinski definition) is 2. The third-order valence-corrected chi connectivity index (χ3v) is 4.48. The summed E-state index contributed by atoms with van der Waals surface area (Å²) < 4.78 is 27.5. The zero-order chi connectivity index (χ0) is 15.0. The van der Waals surface area contributed by atoms with E-state index in [2.05, 4.69) is 15.7 Å². The van der Waals surface area contributed by atoms with Crippen LogP contribution < -0.4 is 4.72 Å². The van der Waals surface area contributed by atoms with Crippen LogP contribution in [-0.2, 0) is 21.4 Å². The van der Waals surface area contributed by atoms with Crippen molar-refractivity contribution in [3.63, 3.8) is 0 Å². The summed E-state index contributed by atoms with van der Waals surface area (Å²) in [6, 6.07) is 0. The zero-order valence-electron chi connectivity index (χ0n) is 10.7. The number of sulfonamides is 1. The van der Waals surface area contributed by atoms with Gasteiger partial charge in [0.2, 0.25) is 10.0 Å². The van der Waals surface area contributed by atoms with Crippen molar-refractivity contribution in [1.29, 1.82) is 0 Å². The fourth-order valence-electron chi connectivity index (χ4n) is 1.28. The van der Waals surface area contributed by atoms with Crippen LogP contribution in [-0.4, -0.2) is 47.3 Å². The molecule has 1 rings (SSSR count). The topological polar surface area (TPSA) is 101 Å². The molecule has 0 aliphatic rings. The maximum Gasteiger partial charge on any atom is 0.305 e. The second kappa shape index (κ2) is 7.94. The van der Waals surface area contributed by atoms with Crippen molar-refractivity contribution in [1.82, 2.24) is 14.5 Å². The third-order valence-electron chi connectivity index (χ3n) is 2.20. The van der Waals surface area contributed by atoms with Gasteiger partial charge >= 0.3 is 5.97 Å². The van der Waals surface area contributed by atoms with E-state index in [0.29, 0.717) is 11.5 Å². The van der Waals surface area contributed by atoms with E-state index in [4.69, 9.17) is 11.5 Å². The van der Waals surface area contributed by atoms with Gasteiger partial charge in [-0.2, -0.15) is 5.10 Å². The van der Waals surface area contributed by atoms with Gasteiger partial charge < -0.3 is 5.11 Å². The van der Waals surface area contributed by atoms with Crippen LogP contribution in [0.3, 0.4) is 0 Å². The molecule has 110 valence electrons. The van der Waals surface area contributed by atoms with Gasteiger partial charge in [-0.05, 0) is 0 Å². The average Bonchev–Trinajstić information content (AvgIpc) is 2.85. The first-order chi connectivity index (χ1) is 9.45. The van der Waals surface area contributed by atoms with Gasteiger partial charge in [0.1, 0.15) is 4.90 Å². The molecule has 0 aliphatic carbocycles. The van der Waals surface area contributed by atoms with Crippen LogP contribution in [0.2, 0.25) is 0 Å². The number of hydrogen-bond acceptors (Lipinski definition) is 5. The molecule has 0 bridgehead atoms. The van der Waals surface area contributed by atoms with Crippen LogP contribution in [0.4, 0.5) is 0 Å². The number of carboxylic acid groups (broad SMARTS) is 1. The number of nitrogens with one attached hydrogen (secondary N) is 1. The summed E-state index contributed by atoms with van der Waals surface area (Å²) in [6.07, 6.45) is 7.46. The summed E-state index contributed by atoms with van der Waals surface area (Å²) >= 11 is 1.46. The van der Waals surface area contributed by atoms with Crippen LogP contribution in [0.1, 0.15) is 6.42 Å². The molecule has 0 aromatic carbocycles. The van der Waals surface area contributed by atoms with Crippen LogP contribution in [0.25, 0.3) is 0 Å². The highest BCUT2D eigenvalue weighted by molar-refractivity contribution is 7.99. The molecule has 0 aliphatic heterocycles. The summed E-state index contributed by atoms with van der Waals surface area (Å²) in [5, 5.41) is 12.4. The number of aryl methyl sites for hydroxylation is 1. The summed E-state index contributed by atoms with van der Waals surface area (Å²) in [7, 11) is -3.61. The molecule has 0 radical (unpaired) electrons. The number of nitrogens with zero attached hydrogens (tertiary/aromatic N) is 2. The minimum Gasteiger partial charge on any atom is -0.481 e. The molecule has 1 aromatic rings. The SMILES string of the molecule is C#CCSCCNS(=O)(=O)c1cnn(CCC(=O)O)c1. The minimum absolute atomic E-state index is 0.0184. The van der Waals surface area contributed by atoms with Gasteiger partial charge in [0.25, 0.3) is 0 Å². The maximum atomic E-state index is 11.9. The van der Waals surface area contributed by atoms with Crippen LogP contribution in [0, 0.1) is 12.3 Å². The first-order valence-corrected chi connectivity index (χ1v) is 8.34. The molecular weight excluding hydrogens is 302 g/mol. The number of aromatic nitrogens is 2. The van der Waals surface area contributed by atoms with E-state index in [1.54, 1.807) is 0 Å². The van der Waals surface area contributed by atoms with Gasteiger partial charge in [0, 0.05) is 18.5 Å². The molecule has 0 amide bonds. The van der Waals surface area contributed by atoms with Gasteiger partial charge in [-0.15, -0.1) is 18.2 Å². The number of carboxylic acids is 1. The molecular formula is C11H15N3O4S2. The highest BCUT2D eigenvalue weighted by Crippen LogP contribution is 2.07. The Kier molecular flexibility index (Phi) is 6.57. The smallest absolute Gasteiger partial charge is 0.305 e. The molecule has 0 spiro atoms. The van der Waals surface area contributed by atoms with Crippen molar-refractivity contribution >= 4 is 27.8 Å². The molecule has 0 unspecified atom stereocenters. The highest BCUT2D eigenvalue weighted by atomic mass is 32.2. The van der Waals surface area contributed by atoms with E-state index in [1.165, 1.54) is 28.8 Å². The number of rotatable bonds is 9. The highest BCUT2D eigenvalue weighted by Gasteiger charge is 2.15. The number of aliphatic carboxylic acids is 1. The lowest BCUT2D eigenvalue weighted by atomic mass is 10.4. The van der Waals surface area contributed by atoms with Gasteiger partial charge in [-0.1, -0.05) is 5.92 Å². The Morgan fingerprint density at radius 1 is 1.60 bits per heavy atom. The van der Waals surface area contributed by atoms with E-state index in [-0.39, 0.29) is 24.4 Å². The molecule has 0 atom stereocenters. The Bertz CT molecular complexity index is 589. The maximum absolute atomic E-state index is 11.9. The van der Waals surface area contributed by atoms with Gasteiger partial charge in [0.15, 0.2) is 0 Å². The van der Waals surface area contributed by atoms with E-state index in [1.807, 2.05) is 0 Å². The molecule has 2 N–H and O–H groups in total. The van der Waals surface area contributed by atoms with Gasteiger partial charge in [-0.25, -0.2) is 13.1 Å². The first-order valence-electron chi connectivity index (χ1n) is 5.71. The summed E-state index contributed by atoms with van der Waals surface area (Å²) in [5.41, 5.74) is 0. The van der Waals surface area contributed by atoms with Gasteiger partial charge in [0.05, 0.1) is 24.9 Å². The first kappa shape index (κ1) is 16.6. The standard InChI is InChI=1S/C11H15N3O4S2/c1-2-6-19-7-4-13-20(17,18)10-8-12-14(9-10)5-3-11(15)16/h1,8-9,13H,3-7H2,(H,15,16). The normalized spacial score (nSPS) is 11.2. The lowest BCUT2D eigenvalue weighted by Crippen LogP contribution is -2.25. The molecule has 1 aromatic heterocycles. The third kappa shape index (κ3) is 5.64. The molecule has 7 nitrogen and oxygen atoms in total. The molecule has 0 saturated carbocycles. The Labute approximate surface area is 121 Å². The Morgan fingerprint density at radius 2 is 2.35 bits per heavy atom. The van der Waals surface area contributed by atoms with Crippen LogP contribution in [0.15, 0.2) is 17.3 Å². The summed E-state index contributed by atoms with van der Waals surface area (Å²) in [5.74, 6) is 2.60. The fraction of sp³-hybridized carbons (Fsp3) is 0.455. The van der Waals surface area contributed by atoms with Crippen molar-refractivity contribution in [3.05, 3.63) is 12.4 Å². The molecule has 9 heteroatoms. The average molecular weight is 317 g/mol. The molecule has 0 saturated heterocycles. The zero-order valence-corrected chi connectivity index (χ0v) is 12.3. The van der Waals surface area contributed by atoms with Crippen molar-refractivity contribution < 1.29 is 18.3 Å². The van der Waals surface area contributed by atoms with Crippen LogP contribution in [0.5, 0.6) is 0 Å². The molecule has 20 heavy (non-hydrogen) atoms. The van der Waals surface area contributed by atoms with Crippen molar-refractivity contribution in [2.24, 2.45) is 0 Å². The number of thioether (sulfide) groups is 1. The Morgan fingerprint density at radius 3 is 3.00 bits per heavy atom. The van der Waals surface area contributed by atoms with Crippen molar-refractivity contribution in [3.8, 4) is 12.3 Å². The quantitative estimate of drug-likeness (QED) is 0.491. The summed E-state index contributed by atoms with van der Waals surface area (Å²) in [4.78, 5) is 10.4. The minimum atomic E-state index is -3.61. The van der Waals surface area contributed by atoms with Crippen molar-refractivity contribution in [2.75, 3.05) is 18.1 Å². The largest absolute Gasteiger partial charge is 0.481 e. The Balaban J connectivity index is 2.51. The lowest BCUT2D eigenvalue weighted by molar-refractivity contribution is -0.137.